The van der Waals surface area contributed by atoms with Gasteiger partial charge in [0.1, 0.15) is 0 Å². The van der Waals surface area contributed by atoms with Crippen molar-refractivity contribution in [1.29, 1.82) is 0 Å². The number of guanidine groups is 1. The molecule has 142 valence electrons. The number of nitrogens with one attached hydrogen (secondary N) is 1. The second kappa shape index (κ2) is 9.39. The van der Waals surface area contributed by atoms with Crippen LogP contribution >= 0.6 is 24.0 Å². The molecule has 0 bridgehead atoms. The first-order valence-corrected chi connectivity index (χ1v) is 9.06. The Morgan fingerprint density at radius 1 is 1.27 bits per heavy atom. The zero-order chi connectivity index (χ0) is 17.8. The standard InChI is InChI=1S/C20H29N5.HI/c1-15-9-16(2)11-17(10-15)5-7-22-20(21-3)25-8-6-18(14-25)19-12-23-24(4)13-19;/h9-13,18H,5-8,14H2,1-4H3,(H,21,22);1H. The summed E-state index contributed by atoms with van der Waals surface area (Å²) in [6.07, 6.45) is 6.29. The Hall–Kier alpha value is -1.57. The molecule has 1 atom stereocenters. The quantitative estimate of drug-likeness (QED) is 0.427. The van der Waals surface area contributed by atoms with Crippen LogP contribution < -0.4 is 5.32 Å². The average Bonchev–Trinajstić information content (AvgIpc) is 3.19. The highest BCUT2D eigenvalue weighted by Crippen LogP contribution is 2.26. The summed E-state index contributed by atoms with van der Waals surface area (Å²) in [7, 11) is 3.85. The van der Waals surface area contributed by atoms with Crippen LogP contribution in [0.2, 0.25) is 0 Å². The predicted molar refractivity (Wildman–Crippen MR) is 119 cm³/mol. The van der Waals surface area contributed by atoms with E-state index in [4.69, 9.17) is 0 Å². The lowest BCUT2D eigenvalue weighted by Gasteiger charge is -2.21. The van der Waals surface area contributed by atoms with Crippen molar-refractivity contribution in [3.63, 3.8) is 0 Å². The van der Waals surface area contributed by atoms with Crippen molar-refractivity contribution < 1.29 is 0 Å². The third kappa shape index (κ3) is 5.22. The molecule has 1 saturated heterocycles. The zero-order valence-electron chi connectivity index (χ0n) is 16.2. The molecule has 5 nitrogen and oxygen atoms in total. The van der Waals surface area contributed by atoms with Crippen LogP contribution in [0.5, 0.6) is 0 Å². The number of hydrogen-bond donors (Lipinski definition) is 1. The Balaban J connectivity index is 0.00000243. The van der Waals surface area contributed by atoms with Gasteiger partial charge in [-0.2, -0.15) is 5.10 Å². The summed E-state index contributed by atoms with van der Waals surface area (Å²) >= 11 is 0. The lowest BCUT2D eigenvalue weighted by molar-refractivity contribution is 0.486. The Labute approximate surface area is 173 Å². The van der Waals surface area contributed by atoms with Gasteiger partial charge in [0.15, 0.2) is 5.96 Å². The minimum absolute atomic E-state index is 0. The normalized spacial score (nSPS) is 17.3. The van der Waals surface area contributed by atoms with E-state index in [2.05, 4.69) is 58.6 Å². The van der Waals surface area contributed by atoms with E-state index in [1.165, 1.54) is 22.3 Å². The molecule has 0 aliphatic carbocycles. The van der Waals surface area contributed by atoms with Crippen molar-refractivity contribution in [2.75, 3.05) is 26.7 Å². The maximum absolute atomic E-state index is 4.48. The van der Waals surface area contributed by atoms with Crippen molar-refractivity contribution in [2.45, 2.75) is 32.6 Å². The molecule has 3 rings (SSSR count). The lowest BCUT2D eigenvalue weighted by Crippen LogP contribution is -2.40. The second-order valence-corrected chi connectivity index (χ2v) is 7.10. The van der Waals surface area contributed by atoms with Gasteiger partial charge in [0.25, 0.3) is 0 Å². The predicted octanol–water partition coefficient (Wildman–Crippen LogP) is 3.26. The first-order chi connectivity index (χ1) is 12.0. The fraction of sp³-hybridized carbons (Fsp3) is 0.500. The number of rotatable bonds is 4. The topological polar surface area (TPSA) is 45.5 Å². The first kappa shape index (κ1) is 20.7. The van der Waals surface area contributed by atoms with Crippen LogP contribution in [0.3, 0.4) is 0 Å². The Bertz CT molecular complexity index is 732. The molecular weight excluding hydrogens is 437 g/mol. The number of aliphatic imine (C=N–C) groups is 1. The van der Waals surface area contributed by atoms with Crippen LogP contribution in [-0.2, 0) is 13.5 Å². The van der Waals surface area contributed by atoms with Crippen molar-refractivity contribution >= 4 is 29.9 Å². The van der Waals surface area contributed by atoms with E-state index >= 15 is 0 Å². The van der Waals surface area contributed by atoms with Gasteiger partial charge in [-0.1, -0.05) is 29.3 Å². The summed E-state index contributed by atoms with van der Waals surface area (Å²) in [5.41, 5.74) is 5.38. The summed E-state index contributed by atoms with van der Waals surface area (Å²) in [6, 6.07) is 6.76. The molecule has 1 unspecified atom stereocenters. The molecular formula is C20H30IN5. The molecule has 6 heteroatoms. The van der Waals surface area contributed by atoms with Gasteiger partial charge in [0, 0.05) is 45.8 Å². The fourth-order valence-corrected chi connectivity index (χ4v) is 3.74. The third-order valence-electron chi connectivity index (χ3n) is 4.87. The second-order valence-electron chi connectivity index (χ2n) is 7.10. The molecule has 1 aliphatic heterocycles. The summed E-state index contributed by atoms with van der Waals surface area (Å²) in [6.45, 7) is 7.28. The van der Waals surface area contributed by atoms with Gasteiger partial charge in [-0.3, -0.25) is 9.67 Å². The van der Waals surface area contributed by atoms with E-state index in [0.717, 1.165) is 38.4 Å². The molecule has 2 heterocycles. The van der Waals surface area contributed by atoms with Gasteiger partial charge in [-0.05, 0) is 37.8 Å². The third-order valence-corrected chi connectivity index (χ3v) is 4.87. The van der Waals surface area contributed by atoms with Crippen LogP contribution in [0.1, 0.15) is 34.6 Å². The zero-order valence-corrected chi connectivity index (χ0v) is 18.5. The highest BCUT2D eigenvalue weighted by molar-refractivity contribution is 14.0. The monoisotopic (exact) mass is 467 g/mol. The molecule has 0 saturated carbocycles. The van der Waals surface area contributed by atoms with Crippen molar-refractivity contribution in [1.82, 2.24) is 20.0 Å². The highest BCUT2D eigenvalue weighted by atomic mass is 127. The van der Waals surface area contributed by atoms with E-state index in [-0.39, 0.29) is 24.0 Å². The van der Waals surface area contributed by atoms with Gasteiger partial charge in [0.2, 0.25) is 0 Å². The number of nitrogens with zero attached hydrogens (tertiary/aromatic N) is 4. The lowest BCUT2D eigenvalue weighted by atomic mass is 10.0. The van der Waals surface area contributed by atoms with Crippen LogP contribution in [0.15, 0.2) is 35.6 Å². The molecule has 0 spiro atoms. The summed E-state index contributed by atoms with van der Waals surface area (Å²) in [5, 5.41) is 7.83. The van der Waals surface area contributed by atoms with Gasteiger partial charge >= 0.3 is 0 Å². The minimum atomic E-state index is 0. The number of halogens is 1. The molecule has 1 aliphatic rings. The van der Waals surface area contributed by atoms with Gasteiger partial charge in [-0.15, -0.1) is 24.0 Å². The van der Waals surface area contributed by atoms with Crippen LogP contribution in [0, 0.1) is 13.8 Å². The number of aryl methyl sites for hydroxylation is 3. The Morgan fingerprint density at radius 2 is 2.00 bits per heavy atom. The maximum Gasteiger partial charge on any atom is 0.193 e. The SMILES string of the molecule is CN=C(NCCc1cc(C)cc(C)c1)N1CCC(c2cnn(C)c2)C1.I. The van der Waals surface area contributed by atoms with E-state index in [9.17, 15) is 0 Å². The van der Waals surface area contributed by atoms with E-state index in [1.807, 2.05) is 25.0 Å². The number of benzene rings is 1. The van der Waals surface area contributed by atoms with E-state index in [1.54, 1.807) is 0 Å². The number of aromatic nitrogens is 2. The molecule has 2 aromatic rings. The number of hydrogen-bond acceptors (Lipinski definition) is 2. The fourth-order valence-electron chi connectivity index (χ4n) is 3.74. The van der Waals surface area contributed by atoms with Crippen molar-refractivity contribution in [2.24, 2.45) is 12.0 Å². The molecule has 1 fully saturated rings. The molecule has 0 amide bonds. The number of likely N-dealkylation sites (tertiary alicyclic amines) is 1. The van der Waals surface area contributed by atoms with Crippen LogP contribution in [0.25, 0.3) is 0 Å². The Morgan fingerprint density at radius 3 is 2.62 bits per heavy atom. The minimum Gasteiger partial charge on any atom is -0.356 e. The largest absolute Gasteiger partial charge is 0.356 e. The molecule has 1 aromatic carbocycles. The summed E-state index contributed by atoms with van der Waals surface area (Å²) in [5.74, 6) is 1.56. The van der Waals surface area contributed by atoms with Crippen molar-refractivity contribution in [3.8, 4) is 0 Å². The average molecular weight is 467 g/mol. The van der Waals surface area contributed by atoms with E-state index in [0.29, 0.717) is 5.92 Å². The van der Waals surface area contributed by atoms with Gasteiger partial charge in [0.05, 0.1) is 6.20 Å². The molecule has 26 heavy (non-hydrogen) atoms. The van der Waals surface area contributed by atoms with Crippen LogP contribution in [0.4, 0.5) is 0 Å². The molecule has 1 aromatic heterocycles. The molecule has 1 N–H and O–H groups in total. The van der Waals surface area contributed by atoms with Crippen molar-refractivity contribution in [3.05, 3.63) is 52.8 Å². The van der Waals surface area contributed by atoms with Crippen LogP contribution in [-0.4, -0.2) is 47.3 Å². The van der Waals surface area contributed by atoms with Gasteiger partial charge < -0.3 is 10.2 Å². The highest BCUT2D eigenvalue weighted by Gasteiger charge is 2.26. The maximum atomic E-state index is 4.48. The first-order valence-electron chi connectivity index (χ1n) is 9.06. The van der Waals surface area contributed by atoms with Gasteiger partial charge in [-0.25, -0.2) is 0 Å². The Kier molecular flexibility index (Phi) is 7.49. The molecule has 0 radical (unpaired) electrons. The summed E-state index contributed by atoms with van der Waals surface area (Å²) in [4.78, 5) is 6.84. The van der Waals surface area contributed by atoms with E-state index < -0.39 is 0 Å². The summed E-state index contributed by atoms with van der Waals surface area (Å²) < 4.78 is 1.88. The smallest absolute Gasteiger partial charge is 0.193 e.